The summed E-state index contributed by atoms with van der Waals surface area (Å²) in [5.41, 5.74) is 1.51. The van der Waals surface area contributed by atoms with Crippen LogP contribution >= 0.6 is 11.6 Å². The molecule has 1 saturated heterocycles. The van der Waals surface area contributed by atoms with Gasteiger partial charge in [0, 0.05) is 37.4 Å². The first kappa shape index (κ1) is 19.9. The second kappa shape index (κ2) is 9.35. The first-order chi connectivity index (χ1) is 13.0. The Morgan fingerprint density at radius 2 is 2.22 bits per heavy atom. The third kappa shape index (κ3) is 5.79. The molecule has 2 heterocycles. The van der Waals surface area contributed by atoms with Crippen molar-refractivity contribution in [2.75, 3.05) is 32.8 Å². The van der Waals surface area contributed by atoms with E-state index in [4.69, 9.17) is 16.3 Å². The first-order valence-electron chi connectivity index (χ1n) is 9.39. The highest BCUT2D eigenvalue weighted by molar-refractivity contribution is 6.31. The quantitative estimate of drug-likeness (QED) is 0.789. The van der Waals surface area contributed by atoms with E-state index in [9.17, 15) is 4.79 Å². The van der Waals surface area contributed by atoms with Crippen LogP contribution in [-0.2, 0) is 11.3 Å². The molecule has 1 amide bonds. The molecule has 1 N–H and O–H groups in total. The smallest absolute Gasteiger partial charge is 0.254 e. The number of halogens is 1. The molecular formula is C20H27ClN4O2. The summed E-state index contributed by atoms with van der Waals surface area (Å²) in [5, 5.41) is 7.93. The minimum absolute atomic E-state index is 0.0274. The summed E-state index contributed by atoms with van der Waals surface area (Å²) in [6.07, 6.45) is 3.35. The van der Waals surface area contributed by atoms with Crippen molar-refractivity contribution in [3.63, 3.8) is 0 Å². The Morgan fingerprint density at radius 3 is 3.00 bits per heavy atom. The van der Waals surface area contributed by atoms with Crippen molar-refractivity contribution in [3.8, 4) is 0 Å². The lowest BCUT2D eigenvalue weighted by molar-refractivity contribution is -0.0295. The molecule has 0 radical (unpaired) electrons. The first-order valence-corrected chi connectivity index (χ1v) is 9.77. The van der Waals surface area contributed by atoms with Crippen molar-refractivity contribution in [2.24, 2.45) is 5.92 Å². The van der Waals surface area contributed by atoms with E-state index in [-0.39, 0.29) is 12.0 Å². The second-order valence-corrected chi connectivity index (χ2v) is 7.78. The molecule has 2 aromatic rings. The van der Waals surface area contributed by atoms with Crippen LogP contribution in [0.3, 0.4) is 0 Å². The number of carbonyl (C=O) groups is 1. The maximum absolute atomic E-state index is 12.4. The van der Waals surface area contributed by atoms with Gasteiger partial charge in [-0.1, -0.05) is 43.6 Å². The summed E-state index contributed by atoms with van der Waals surface area (Å²) >= 11 is 6.18. The Labute approximate surface area is 165 Å². The van der Waals surface area contributed by atoms with Crippen LogP contribution in [0, 0.1) is 5.92 Å². The summed E-state index contributed by atoms with van der Waals surface area (Å²) in [6, 6.07) is 7.63. The Hall–Kier alpha value is -1.89. The monoisotopic (exact) mass is 390 g/mol. The highest BCUT2D eigenvalue weighted by atomic mass is 35.5. The van der Waals surface area contributed by atoms with Crippen molar-refractivity contribution in [1.82, 2.24) is 20.0 Å². The van der Waals surface area contributed by atoms with Crippen molar-refractivity contribution in [2.45, 2.75) is 26.5 Å². The molecule has 0 spiro atoms. The molecule has 7 heteroatoms. The van der Waals surface area contributed by atoms with E-state index in [0.29, 0.717) is 36.2 Å². The van der Waals surface area contributed by atoms with Crippen LogP contribution in [0.15, 0.2) is 36.7 Å². The fraction of sp³-hybridized carbons (Fsp3) is 0.500. The molecule has 0 bridgehead atoms. The predicted molar refractivity (Wildman–Crippen MR) is 106 cm³/mol. The van der Waals surface area contributed by atoms with Gasteiger partial charge < -0.3 is 10.1 Å². The summed E-state index contributed by atoms with van der Waals surface area (Å²) in [4.78, 5) is 14.8. The number of benzene rings is 1. The molecule has 1 fully saturated rings. The highest BCUT2D eigenvalue weighted by Crippen LogP contribution is 2.16. The van der Waals surface area contributed by atoms with Gasteiger partial charge in [0.25, 0.3) is 5.91 Å². The molecule has 6 nitrogen and oxygen atoms in total. The van der Waals surface area contributed by atoms with E-state index in [1.165, 1.54) is 0 Å². The minimum atomic E-state index is -0.134. The minimum Gasteiger partial charge on any atom is -0.374 e. The third-order valence-electron chi connectivity index (χ3n) is 4.52. The molecular weight excluding hydrogens is 364 g/mol. The van der Waals surface area contributed by atoms with Crippen molar-refractivity contribution >= 4 is 17.5 Å². The molecule has 0 saturated carbocycles. The van der Waals surface area contributed by atoms with E-state index < -0.39 is 0 Å². The maximum atomic E-state index is 12.4. The normalized spacial score (nSPS) is 18.0. The van der Waals surface area contributed by atoms with E-state index in [1.807, 2.05) is 24.3 Å². The van der Waals surface area contributed by atoms with Gasteiger partial charge in [0.1, 0.15) is 0 Å². The number of nitrogens with one attached hydrogen (secondary N) is 1. The third-order valence-corrected chi connectivity index (χ3v) is 4.89. The van der Waals surface area contributed by atoms with Crippen molar-refractivity contribution in [1.29, 1.82) is 0 Å². The molecule has 27 heavy (non-hydrogen) atoms. The molecule has 1 aliphatic rings. The van der Waals surface area contributed by atoms with Gasteiger partial charge in [-0.25, -0.2) is 0 Å². The summed E-state index contributed by atoms with van der Waals surface area (Å²) in [6.45, 7) is 9.04. The van der Waals surface area contributed by atoms with Gasteiger partial charge in [-0.15, -0.1) is 0 Å². The number of aromatic nitrogens is 2. The van der Waals surface area contributed by atoms with Crippen LogP contribution in [0.1, 0.15) is 29.8 Å². The van der Waals surface area contributed by atoms with Gasteiger partial charge in [-0.2, -0.15) is 5.10 Å². The van der Waals surface area contributed by atoms with Gasteiger partial charge in [0.15, 0.2) is 0 Å². The van der Waals surface area contributed by atoms with Crippen LogP contribution in [-0.4, -0.2) is 59.5 Å². The van der Waals surface area contributed by atoms with E-state index in [1.54, 1.807) is 17.1 Å². The Morgan fingerprint density at radius 1 is 1.41 bits per heavy atom. The van der Waals surface area contributed by atoms with Gasteiger partial charge in [-0.05, 0) is 17.5 Å². The van der Waals surface area contributed by atoms with Crippen LogP contribution in [0.5, 0.6) is 0 Å². The Bertz CT molecular complexity index is 762. The van der Waals surface area contributed by atoms with Crippen LogP contribution < -0.4 is 5.32 Å². The lowest BCUT2D eigenvalue weighted by Gasteiger charge is -2.33. The van der Waals surface area contributed by atoms with Gasteiger partial charge in [-0.3, -0.25) is 14.4 Å². The second-order valence-electron chi connectivity index (χ2n) is 7.37. The van der Waals surface area contributed by atoms with E-state index >= 15 is 0 Å². The highest BCUT2D eigenvalue weighted by Gasteiger charge is 2.21. The molecule has 0 aliphatic carbocycles. The van der Waals surface area contributed by atoms with Crippen LogP contribution in [0.4, 0.5) is 0 Å². The fourth-order valence-corrected chi connectivity index (χ4v) is 3.46. The van der Waals surface area contributed by atoms with E-state index in [0.717, 1.165) is 25.2 Å². The van der Waals surface area contributed by atoms with Crippen LogP contribution in [0.25, 0.3) is 0 Å². The SMILES string of the molecule is CC(C)CN1CCOC(CNC(=O)c2cnn(Cc3ccccc3Cl)c2)C1. The molecule has 146 valence electrons. The van der Waals surface area contributed by atoms with E-state index in [2.05, 4.69) is 29.2 Å². The molecule has 3 rings (SSSR count). The topological polar surface area (TPSA) is 59.4 Å². The number of morpholine rings is 1. The zero-order chi connectivity index (χ0) is 19.2. The fourth-order valence-electron chi connectivity index (χ4n) is 3.26. The zero-order valence-corrected chi connectivity index (χ0v) is 16.7. The van der Waals surface area contributed by atoms with Gasteiger partial charge in [0.05, 0.1) is 31.0 Å². The van der Waals surface area contributed by atoms with Gasteiger partial charge >= 0.3 is 0 Å². The Balaban J connectivity index is 1.50. The number of amides is 1. The molecule has 1 aromatic carbocycles. The summed E-state index contributed by atoms with van der Waals surface area (Å²) in [5.74, 6) is 0.493. The van der Waals surface area contributed by atoms with Gasteiger partial charge in [0.2, 0.25) is 0 Å². The molecule has 1 aliphatic heterocycles. The lowest BCUT2D eigenvalue weighted by Crippen LogP contribution is -2.48. The number of hydrogen-bond donors (Lipinski definition) is 1. The lowest BCUT2D eigenvalue weighted by atomic mass is 10.2. The summed E-state index contributed by atoms with van der Waals surface area (Å²) < 4.78 is 7.50. The average Bonchev–Trinajstić information content (AvgIpc) is 3.10. The molecule has 1 atom stereocenters. The summed E-state index contributed by atoms with van der Waals surface area (Å²) in [7, 11) is 0. The molecule has 1 unspecified atom stereocenters. The number of ether oxygens (including phenoxy) is 1. The number of nitrogens with zero attached hydrogens (tertiary/aromatic N) is 3. The number of rotatable bonds is 7. The zero-order valence-electron chi connectivity index (χ0n) is 15.9. The average molecular weight is 391 g/mol. The molecule has 1 aromatic heterocycles. The number of carbonyl (C=O) groups excluding carboxylic acids is 1. The maximum Gasteiger partial charge on any atom is 0.254 e. The largest absolute Gasteiger partial charge is 0.374 e. The standard InChI is InChI=1S/C20H27ClN4O2/c1-15(2)11-24-7-8-27-18(14-24)10-22-20(26)17-9-23-25(13-17)12-16-5-3-4-6-19(16)21/h3-6,9,13,15,18H,7-8,10-12,14H2,1-2H3,(H,22,26). The van der Waals surface area contributed by atoms with Crippen molar-refractivity contribution in [3.05, 3.63) is 52.8 Å². The van der Waals surface area contributed by atoms with Crippen molar-refractivity contribution < 1.29 is 9.53 Å². The predicted octanol–water partition coefficient (Wildman–Crippen LogP) is 2.67. The number of hydrogen-bond acceptors (Lipinski definition) is 4. The van der Waals surface area contributed by atoms with Crippen LogP contribution in [0.2, 0.25) is 5.02 Å². The Kier molecular flexibility index (Phi) is 6.88.